The quantitative estimate of drug-likeness (QED) is 0.179. The largest absolute Gasteiger partial charge is 0.457 e. The summed E-state index contributed by atoms with van der Waals surface area (Å²) >= 11 is 0. The van der Waals surface area contributed by atoms with E-state index in [4.69, 9.17) is 14.7 Å². The summed E-state index contributed by atoms with van der Waals surface area (Å²) in [6.07, 6.45) is 8.31. The Labute approximate surface area is 325 Å². The van der Waals surface area contributed by atoms with E-state index < -0.39 is 5.41 Å². The Bertz CT molecular complexity index is 3150. The highest BCUT2D eigenvalue weighted by molar-refractivity contribution is 6.08. The average Bonchev–Trinajstić information content (AvgIpc) is 3.63. The van der Waals surface area contributed by atoms with Crippen molar-refractivity contribution in [1.82, 2.24) is 14.5 Å². The van der Waals surface area contributed by atoms with Crippen LogP contribution in [-0.2, 0) is 10.8 Å². The standard InChI is InChI=1S/C52H35N3O/c1-51(2)40-15-6-4-13-36(40)37-30-44-48(31-43(37)51)56-47-18-8-7-16-41(47)52(44)39-14-5-3-12-32(39)20-21-33-22-23-35(29-42(33)52)34-24-25-45-38(28-34)50-46(17-11-27-54-50)55(45)49-19-9-10-26-53-49/h3-31H,1-2H3. The molecule has 4 nitrogen and oxygen atoms in total. The Morgan fingerprint density at radius 2 is 1.21 bits per heavy atom. The SMILES string of the molecule is CC1(C)c2ccccc2-c2cc3c(cc21)Oc1ccccc1C31c2ccccc2C=Cc2ccc(-c3ccc4c(c3)c3ncccc3n4-c3ccccn3)cc21. The molecule has 0 saturated carbocycles. The first kappa shape index (κ1) is 31.3. The molecule has 0 N–H and O–H groups in total. The third-order valence-corrected chi connectivity index (χ3v) is 12.6. The van der Waals surface area contributed by atoms with Crippen LogP contribution in [0.1, 0.15) is 58.4 Å². The van der Waals surface area contributed by atoms with Crippen LogP contribution >= 0.6 is 0 Å². The van der Waals surface area contributed by atoms with E-state index in [-0.39, 0.29) is 5.41 Å². The molecule has 1 spiro atoms. The number of ether oxygens (including phenoxy) is 1. The van der Waals surface area contributed by atoms with Gasteiger partial charge in [0.2, 0.25) is 0 Å². The first-order valence-corrected chi connectivity index (χ1v) is 19.3. The molecule has 4 heterocycles. The fourth-order valence-corrected chi connectivity index (χ4v) is 10.1. The summed E-state index contributed by atoms with van der Waals surface area (Å²) in [6, 6.07) is 55.2. The monoisotopic (exact) mass is 717 g/mol. The Hall–Kier alpha value is -7.04. The van der Waals surface area contributed by atoms with Gasteiger partial charge in [0.25, 0.3) is 0 Å². The summed E-state index contributed by atoms with van der Waals surface area (Å²) in [5.74, 6) is 2.67. The van der Waals surface area contributed by atoms with Gasteiger partial charge in [-0.25, -0.2) is 4.98 Å². The fourth-order valence-electron chi connectivity index (χ4n) is 10.1. The van der Waals surface area contributed by atoms with Crippen LogP contribution in [0.5, 0.6) is 11.5 Å². The van der Waals surface area contributed by atoms with E-state index in [1.54, 1.807) is 0 Å². The maximum atomic E-state index is 7.00. The van der Waals surface area contributed by atoms with Gasteiger partial charge >= 0.3 is 0 Å². The number of pyridine rings is 2. The normalized spacial score (nSPS) is 16.7. The van der Waals surface area contributed by atoms with Crippen molar-refractivity contribution in [3.8, 4) is 39.6 Å². The van der Waals surface area contributed by atoms with Crippen molar-refractivity contribution in [1.29, 1.82) is 0 Å². The molecule has 1 atom stereocenters. The van der Waals surface area contributed by atoms with Crippen molar-refractivity contribution in [3.63, 3.8) is 0 Å². The lowest BCUT2D eigenvalue weighted by Crippen LogP contribution is -2.35. The number of rotatable bonds is 2. The van der Waals surface area contributed by atoms with Crippen molar-refractivity contribution in [2.45, 2.75) is 24.7 Å². The van der Waals surface area contributed by atoms with E-state index >= 15 is 0 Å². The van der Waals surface area contributed by atoms with E-state index in [2.05, 4.69) is 164 Å². The highest BCUT2D eigenvalue weighted by Crippen LogP contribution is 2.61. The van der Waals surface area contributed by atoms with Crippen LogP contribution in [0, 0.1) is 0 Å². The van der Waals surface area contributed by atoms with Crippen LogP contribution in [0.4, 0.5) is 0 Å². The third-order valence-electron chi connectivity index (χ3n) is 12.6. The van der Waals surface area contributed by atoms with Crippen LogP contribution in [0.25, 0.3) is 62.2 Å². The molecular formula is C52H35N3O. The number of aromatic nitrogens is 3. The maximum absolute atomic E-state index is 7.00. The minimum absolute atomic E-state index is 0.157. The fraction of sp³-hybridized carbons (Fsp3) is 0.0769. The van der Waals surface area contributed by atoms with Crippen LogP contribution < -0.4 is 4.74 Å². The van der Waals surface area contributed by atoms with E-state index in [9.17, 15) is 0 Å². The molecule has 1 unspecified atom stereocenters. The van der Waals surface area contributed by atoms with Gasteiger partial charge in [-0.2, -0.15) is 0 Å². The molecule has 6 aromatic carbocycles. The van der Waals surface area contributed by atoms with Gasteiger partial charge in [-0.15, -0.1) is 0 Å². The predicted molar refractivity (Wildman–Crippen MR) is 227 cm³/mol. The summed E-state index contributed by atoms with van der Waals surface area (Å²) in [4.78, 5) is 9.62. The minimum Gasteiger partial charge on any atom is -0.457 e. The second kappa shape index (κ2) is 11.2. The lowest BCUT2D eigenvalue weighted by molar-refractivity contribution is 0.433. The molecule has 56 heavy (non-hydrogen) atoms. The summed E-state index contributed by atoms with van der Waals surface area (Å²) in [7, 11) is 0. The lowest BCUT2D eigenvalue weighted by Gasteiger charge is -2.43. The molecule has 0 saturated heterocycles. The summed E-state index contributed by atoms with van der Waals surface area (Å²) in [6.45, 7) is 4.67. The van der Waals surface area contributed by atoms with Gasteiger partial charge in [-0.3, -0.25) is 9.55 Å². The molecular weight excluding hydrogens is 683 g/mol. The Morgan fingerprint density at radius 3 is 2.09 bits per heavy atom. The van der Waals surface area contributed by atoms with Crippen LogP contribution in [0.3, 0.4) is 0 Å². The summed E-state index contributed by atoms with van der Waals surface area (Å²) in [5, 5.41) is 1.09. The molecule has 1 aliphatic heterocycles. The van der Waals surface area contributed by atoms with E-state index in [1.165, 1.54) is 44.5 Å². The molecule has 0 amide bonds. The zero-order valence-electron chi connectivity index (χ0n) is 31.0. The van der Waals surface area contributed by atoms with Crippen molar-refractivity contribution in [3.05, 3.63) is 209 Å². The van der Waals surface area contributed by atoms with Crippen molar-refractivity contribution >= 4 is 34.1 Å². The Kier molecular flexibility index (Phi) is 6.29. The van der Waals surface area contributed by atoms with Crippen molar-refractivity contribution < 1.29 is 4.74 Å². The second-order valence-corrected chi connectivity index (χ2v) is 15.8. The topological polar surface area (TPSA) is 39.9 Å². The minimum atomic E-state index is -0.674. The van der Waals surface area contributed by atoms with E-state index in [1.807, 2.05) is 30.6 Å². The maximum Gasteiger partial charge on any atom is 0.137 e. The highest BCUT2D eigenvalue weighted by atomic mass is 16.5. The smallest absolute Gasteiger partial charge is 0.137 e. The number of hydrogen-bond acceptors (Lipinski definition) is 3. The van der Waals surface area contributed by atoms with Gasteiger partial charge < -0.3 is 4.74 Å². The summed E-state index contributed by atoms with van der Waals surface area (Å²) < 4.78 is 9.21. The van der Waals surface area contributed by atoms with Gasteiger partial charge in [-0.05, 0) is 116 Å². The molecule has 3 aliphatic rings. The van der Waals surface area contributed by atoms with Gasteiger partial charge in [0.15, 0.2) is 0 Å². The Morgan fingerprint density at radius 1 is 0.482 bits per heavy atom. The van der Waals surface area contributed by atoms with Gasteiger partial charge in [0, 0.05) is 34.3 Å². The Balaban J connectivity index is 1.15. The molecule has 0 bridgehead atoms. The van der Waals surface area contributed by atoms with E-state index in [0.29, 0.717) is 0 Å². The van der Waals surface area contributed by atoms with Gasteiger partial charge in [-0.1, -0.05) is 117 Å². The molecule has 2 aliphatic carbocycles. The first-order chi connectivity index (χ1) is 27.5. The molecule has 264 valence electrons. The zero-order chi connectivity index (χ0) is 37.2. The predicted octanol–water partition coefficient (Wildman–Crippen LogP) is 12.5. The highest BCUT2D eigenvalue weighted by Gasteiger charge is 2.49. The average molecular weight is 718 g/mol. The number of fused-ring (bicyclic) bond motifs is 14. The number of benzene rings is 6. The zero-order valence-corrected chi connectivity index (χ0v) is 31.0. The van der Waals surface area contributed by atoms with Crippen LogP contribution in [0.2, 0.25) is 0 Å². The molecule has 0 fully saturated rings. The lowest BCUT2D eigenvalue weighted by atomic mass is 9.61. The molecule has 12 rings (SSSR count). The van der Waals surface area contributed by atoms with Gasteiger partial charge in [0.1, 0.15) is 17.3 Å². The van der Waals surface area contributed by atoms with Crippen molar-refractivity contribution in [2.24, 2.45) is 0 Å². The van der Waals surface area contributed by atoms with Gasteiger partial charge in [0.05, 0.1) is 22.0 Å². The molecule has 4 heteroatoms. The third kappa shape index (κ3) is 4.08. The molecule has 3 aromatic heterocycles. The summed E-state index contributed by atoms with van der Waals surface area (Å²) in [5.41, 5.74) is 16.9. The molecule has 0 radical (unpaired) electrons. The van der Waals surface area contributed by atoms with Crippen LogP contribution in [-0.4, -0.2) is 14.5 Å². The molecule has 9 aromatic rings. The van der Waals surface area contributed by atoms with Crippen LogP contribution in [0.15, 0.2) is 164 Å². The van der Waals surface area contributed by atoms with E-state index in [0.717, 1.165) is 61.5 Å². The second-order valence-electron chi connectivity index (χ2n) is 15.8. The first-order valence-electron chi connectivity index (χ1n) is 19.3. The number of para-hydroxylation sites is 1. The van der Waals surface area contributed by atoms with Crippen molar-refractivity contribution in [2.75, 3.05) is 0 Å². The number of nitrogens with zero attached hydrogens (tertiary/aromatic N) is 3. The number of hydrogen-bond donors (Lipinski definition) is 0.